The quantitative estimate of drug-likeness (QED) is 0.823. The van der Waals surface area contributed by atoms with Gasteiger partial charge in [-0.3, -0.25) is 4.79 Å². The van der Waals surface area contributed by atoms with E-state index in [1.165, 1.54) is 6.07 Å². The molecule has 0 saturated carbocycles. The Bertz CT molecular complexity index is 418. The van der Waals surface area contributed by atoms with Gasteiger partial charge in [0.2, 0.25) is 0 Å². The highest BCUT2D eigenvalue weighted by molar-refractivity contribution is 5.95. The third-order valence-corrected chi connectivity index (χ3v) is 2.93. The van der Waals surface area contributed by atoms with Crippen molar-refractivity contribution in [3.05, 3.63) is 23.7 Å². The molecule has 1 rings (SSSR count). The van der Waals surface area contributed by atoms with Crippen LogP contribution < -0.4 is 5.32 Å². The molecule has 0 saturated heterocycles. The van der Waals surface area contributed by atoms with Crippen molar-refractivity contribution in [2.75, 3.05) is 0 Å². The minimum atomic E-state index is -1.22. The number of carbonyl (C=O) groups excluding carboxylic acids is 1. The van der Waals surface area contributed by atoms with E-state index in [1.807, 2.05) is 0 Å². The second kappa shape index (κ2) is 5.03. The van der Waals surface area contributed by atoms with Crippen LogP contribution in [0, 0.1) is 6.92 Å². The lowest BCUT2D eigenvalue weighted by molar-refractivity contribution is -0.144. The number of carbonyl (C=O) groups is 2. The average molecular weight is 239 g/mol. The molecular weight excluding hydrogens is 222 g/mol. The Balaban J connectivity index is 2.88. The molecule has 94 valence electrons. The third-order valence-electron chi connectivity index (χ3n) is 2.93. The Kier molecular flexibility index (Phi) is 3.93. The molecule has 0 bridgehead atoms. The lowest BCUT2D eigenvalue weighted by Gasteiger charge is -2.27. The van der Waals surface area contributed by atoms with Crippen LogP contribution in [0.5, 0.6) is 0 Å². The summed E-state index contributed by atoms with van der Waals surface area (Å²) in [7, 11) is 0. The van der Waals surface area contributed by atoms with Crippen molar-refractivity contribution in [2.45, 2.75) is 39.2 Å². The Hall–Kier alpha value is -1.78. The fourth-order valence-electron chi connectivity index (χ4n) is 1.62. The van der Waals surface area contributed by atoms with Gasteiger partial charge in [0.25, 0.3) is 5.91 Å². The highest BCUT2D eigenvalue weighted by atomic mass is 16.4. The lowest BCUT2D eigenvalue weighted by Crippen LogP contribution is -2.53. The Morgan fingerprint density at radius 1 is 1.35 bits per heavy atom. The number of carboxylic acids is 1. The van der Waals surface area contributed by atoms with E-state index in [0.717, 1.165) is 0 Å². The number of furan rings is 1. The van der Waals surface area contributed by atoms with Crippen molar-refractivity contribution in [3.8, 4) is 0 Å². The largest absolute Gasteiger partial charge is 0.480 e. The van der Waals surface area contributed by atoms with Gasteiger partial charge in [0, 0.05) is 0 Å². The van der Waals surface area contributed by atoms with E-state index in [9.17, 15) is 14.7 Å². The van der Waals surface area contributed by atoms with Gasteiger partial charge in [-0.15, -0.1) is 0 Å². The zero-order valence-electron chi connectivity index (χ0n) is 10.2. The van der Waals surface area contributed by atoms with Crippen LogP contribution >= 0.6 is 0 Å². The summed E-state index contributed by atoms with van der Waals surface area (Å²) in [4.78, 5) is 23.0. The highest BCUT2D eigenvalue weighted by Gasteiger charge is 2.37. The van der Waals surface area contributed by atoms with Crippen molar-refractivity contribution in [2.24, 2.45) is 0 Å². The van der Waals surface area contributed by atoms with Gasteiger partial charge in [-0.2, -0.15) is 0 Å². The van der Waals surface area contributed by atoms with Gasteiger partial charge in [-0.25, -0.2) is 4.79 Å². The maximum Gasteiger partial charge on any atom is 0.329 e. The highest BCUT2D eigenvalue weighted by Crippen LogP contribution is 2.17. The predicted molar refractivity (Wildman–Crippen MR) is 61.9 cm³/mol. The first-order valence-corrected chi connectivity index (χ1v) is 5.57. The van der Waals surface area contributed by atoms with Crippen molar-refractivity contribution in [1.82, 2.24) is 5.32 Å². The van der Waals surface area contributed by atoms with E-state index >= 15 is 0 Å². The summed E-state index contributed by atoms with van der Waals surface area (Å²) in [6.07, 6.45) is 0.647. The van der Waals surface area contributed by atoms with Gasteiger partial charge < -0.3 is 14.8 Å². The molecule has 0 atom stereocenters. The van der Waals surface area contributed by atoms with Gasteiger partial charge in [-0.05, 0) is 31.9 Å². The molecule has 0 aromatic carbocycles. The molecule has 0 aliphatic heterocycles. The number of aryl methyl sites for hydroxylation is 1. The molecule has 0 fully saturated rings. The summed E-state index contributed by atoms with van der Waals surface area (Å²) >= 11 is 0. The normalized spacial score (nSPS) is 11.2. The van der Waals surface area contributed by atoms with Crippen molar-refractivity contribution >= 4 is 11.9 Å². The van der Waals surface area contributed by atoms with Crippen LogP contribution in [0.2, 0.25) is 0 Å². The molecule has 1 aromatic rings. The van der Waals surface area contributed by atoms with Crippen LogP contribution in [0.15, 0.2) is 16.5 Å². The molecule has 1 amide bonds. The average Bonchev–Trinajstić information content (AvgIpc) is 2.72. The number of rotatable bonds is 5. The molecule has 0 spiro atoms. The summed E-state index contributed by atoms with van der Waals surface area (Å²) in [5, 5.41) is 11.7. The van der Waals surface area contributed by atoms with Crippen LogP contribution in [0.3, 0.4) is 0 Å². The van der Waals surface area contributed by atoms with Gasteiger partial charge in [0.05, 0.1) is 0 Å². The fraction of sp³-hybridized carbons (Fsp3) is 0.500. The Labute approximate surface area is 99.8 Å². The SMILES string of the molecule is CCC(CC)(NC(=O)c1ccc(C)o1)C(=O)O. The van der Waals surface area contributed by atoms with Gasteiger partial charge in [0.1, 0.15) is 11.3 Å². The molecular formula is C12H17NO4. The van der Waals surface area contributed by atoms with Crippen molar-refractivity contribution in [1.29, 1.82) is 0 Å². The summed E-state index contributed by atoms with van der Waals surface area (Å²) in [5.41, 5.74) is -1.22. The van der Waals surface area contributed by atoms with Crippen LogP contribution in [0.25, 0.3) is 0 Å². The summed E-state index contributed by atoms with van der Waals surface area (Å²) in [6, 6.07) is 3.19. The zero-order chi connectivity index (χ0) is 13.1. The second-order valence-electron chi connectivity index (χ2n) is 3.96. The molecule has 0 aliphatic rings. The maximum atomic E-state index is 11.8. The maximum absolute atomic E-state index is 11.8. The minimum Gasteiger partial charge on any atom is -0.480 e. The van der Waals surface area contributed by atoms with E-state index in [4.69, 9.17) is 4.42 Å². The lowest BCUT2D eigenvalue weighted by atomic mass is 9.93. The Morgan fingerprint density at radius 2 is 1.94 bits per heavy atom. The number of aliphatic carboxylic acids is 1. The van der Waals surface area contributed by atoms with Crippen molar-refractivity contribution in [3.63, 3.8) is 0 Å². The van der Waals surface area contributed by atoms with Gasteiger partial charge >= 0.3 is 5.97 Å². The second-order valence-corrected chi connectivity index (χ2v) is 3.96. The summed E-state index contributed by atoms with van der Waals surface area (Å²) < 4.78 is 5.15. The smallest absolute Gasteiger partial charge is 0.329 e. The molecule has 0 unspecified atom stereocenters. The molecule has 17 heavy (non-hydrogen) atoms. The standard InChI is InChI=1S/C12H17NO4/c1-4-12(5-2,11(15)16)13-10(14)9-7-6-8(3)17-9/h6-7H,4-5H2,1-3H3,(H,13,14)(H,15,16). The zero-order valence-corrected chi connectivity index (χ0v) is 10.2. The first-order valence-electron chi connectivity index (χ1n) is 5.57. The minimum absolute atomic E-state index is 0.134. The topological polar surface area (TPSA) is 79.5 Å². The molecule has 1 aromatic heterocycles. The number of nitrogens with one attached hydrogen (secondary N) is 1. The summed E-state index contributed by atoms with van der Waals surface area (Å²) in [6.45, 7) is 5.18. The van der Waals surface area contributed by atoms with E-state index in [0.29, 0.717) is 18.6 Å². The first kappa shape index (κ1) is 13.3. The Morgan fingerprint density at radius 3 is 2.29 bits per heavy atom. The number of amides is 1. The molecule has 0 aliphatic carbocycles. The van der Waals surface area contributed by atoms with E-state index in [2.05, 4.69) is 5.32 Å². The van der Waals surface area contributed by atoms with Gasteiger partial charge in [0.15, 0.2) is 5.76 Å². The number of hydrogen-bond donors (Lipinski definition) is 2. The van der Waals surface area contributed by atoms with Crippen LogP contribution in [0.1, 0.15) is 43.0 Å². The first-order chi connectivity index (χ1) is 7.95. The monoisotopic (exact) mass is 239 g/mol. The van der Waals surface area contributed by atoms with E-state index in [-0.39, 0.29) is 5.76 Å². The van der Waals surface area contributed by atoms with Crippen LogP contribution in [-0.4, -0.2) is 22.5 Å². The third kappa shape index (κ3) is 2.67. The van der Waals surface area contributed by atoms with E-state index < -0.39 is 17.4 Å². The molecule has 1 heterocycles. The van der Waals surface area contributed by atoms with Crippen LogP contribution in [0.4, 0.5) is 0 Å². The van der Waals surface area contributed by atoms with E-state index in [1.54, 1.807) is 26.8 Å². The molecule has 5 nitrogen and oxygen atoms in total. The predicted octanol–water partition coefficient (Wildman–Crippen LogP) is 1.96. The summed E-state index contributed by atoms with van der Waals surface area (Å²) in [5.74, 6) is -0.776. The number of carboxylic acid groups (broad SMARTS) is 1. The molecule has 5 heteroatoms. The fourth-order valence-corrected chi connectivity index (χ4v) is 1.62. The van der Waals surface area contributed by atoms with Crippen molar-refractivity contribution < 1.29 is 19.1 Å². The molecule has 2 N–H and O–H groups in total. The number of hydrogen-bond acceptors (Lipinski definition) is 3. The molecule has 0 radical (unpaired) electrons. The van der Waals surface area contributed by atoms with Gasteiger partial charge in [-0.1, -0.05) is 13.8 Å². The van der Waals surface area contributed by atoms with Crippen LogP contribution in [-0.2, 0) is 4.79 Å².